The van der Waals surface area contributed by atoms with Gasteiger partial charge in [0.25, 0.3) is 0 Å². The van der Waals surface area contributed by atoms with Crippen LogP contribution in [0.3, 0.4) is 0 Å². The highest BCUT2D eigenvalue weighted by Crippen LogP contribution is 2.33. The Hall–Kier alpha value is -3.90. The van der Waals surface area contributed by atoms with E-state index in [0.29, 0.717) is 21.3 Å². The number of aromatic nitrogens is 4. The Morgan fingerprint density at radius 2 is 1.64 bits per heavy atom. The van der Waals surface area contributed by atoms with Gasteiger partial charge in [-0.15, -0.1) is 21.6 Å². The zero-order chi connectivity index (χ0) is 25.3. The van der Waals surface area contributed by atoms with Crippen LogP contribution in [0.5, 0.6) is 0 Å². The van der Waals surface area contributed by atoms with Crippen LogP contribution in [0.2, 0.25) is 0 Å². The Morgan fingerprint density at radius 3 is 2.31 bits per heavy atom. The zero-order valence-corrected chi connectivity index (χ0v) is 20.3. The number of aromatic amines is 1. The fourth-order valence-electron chi connectivity index (χ4n) is 3.47. The quantitative estimate of drug-likeness (QED) is 0.237. The Labute approximate surface area is 210 Å². The molecule has 0 aliphatic heterocycles. The Balaban J connectivity index is 1.55. The van der Waals surface area contributed by atoms with Gasteiger partial charge in [0.1, 0.15) is 0 Å². The standard InChI is InChI=1S/C24H17F3N6OS2/c1-14-17(12-24(25,26)27)28-22(36-14)31-30-20-19(16-10-6-3-7-11-16)32-33(21(20)34)23-29-18(13-35-23)15-8-4-2-5-9-15/h2-11,13,32H,12H2,1H3. The summed E-state index contributed by atoms with van der Waals surface area (Å²) in [5.74, 6) is 0. The minimum absolute atomic E-state index is 0.00267. The highest BCUT2D eigenvalue weighted by atomic mass is 32.1. The molecule has 0 radical (unpaired) electrons. The van der Waals surface area contributed by atoms with E-state index in [0.717, 1.165) is 22.6 Å². The predicted molar refractivity (Wildman–Crippen MR) is 134 cm³/mol. The number of azo groups is 1. The number of aryl methyl sites for hydroxylation is 1. The van der Waals surface area contributed by atoms with E-state index in [4.69, 9.17) is 0 Å². The van der Waals surface area contributed by atoms with Crippen molar-refractivity contribution in [2.75, 3.05) is 0 Å². The van der Waals surface area contributed by atoms with E-state index in [1.807, 2.05) is 53.9 Å². The third-order valence-corrected chi connectivity index (χ3v) is 6.89. The van der Waals surface area contributed by atoms with Gasteiger partial charge in [0.05, 0.1) is 23.5 Å². The molecule has 0 aliphatic rings. The number of rotatable bonds is 6. The number of hydrogen-bond acceptors (Lipinski definition) is 7. The van der Waals surface area contributed by atoms with E-state index in [-0.39, 0.29) is 16.5 Å². The van der Waals surface area contributed by atoms with E-state index in [9.17, 15) is 18.0 Å². The van der Waals surface area contributed by atoms with Gasteiger partial charge in [-0.25, -0.2) is 9.97 Å². The first-order valence-electron chi connectivity index (χ1n) is 10.6. The van der Waals surface area contributed by atoms with Gasteiger partial charge in [0.15, 0.2) is 5.69 Å². The normalized spacial score (nSPS) is 12.0. The van der Waals surface area contributed by atoms with Crippen LogP contribution in [0.25, 0.3) is 27.6 Å². The molecule has 3 aromatic heterocycles. The fraction of sp³-hybridized carbons (Fsp3) is 0.125. The third-order valence-electron chi connectivity index (χ3n) is 5.17. The van der Waals surface area contributed by atoms with Gasteiger partial charge < -0.3 is 0 Å². The molecule has 0 unspecified atom stereocenters. The van der Waals surface area contributed by atoms with Gasteiger partial charge in [-0.1, -0.05) is 72.0 Å². The summed E-state index contributed by atoms with van der Waals surface area (Å²) in [5.41, 5.74) is 2.14. The molecule has 0 amide bonds. The summed E-state index contributed by atoms with van der Waals surface area (Å²) in [5, 5.41) is 13.5. The van der Waals surface area contributed by atoms with Crippen molar-refractivity contribution in [1.29, 1.82) is 0 Å². The minimum Gasteiger partial charge on any atom is -0.286 e. The number of alkyl halides is 3. The van der Waals surface area contributed by atoms with E-state index < -0.39 is 18.2 Å². The largest absolute Gasteiger partial charge is 0.394 e. The van der Waals surface area contributed by atoms with Gasteiger partial charge in [0.2, 0.25) is 10.3 Å². The summed E-state index contributed by atoms with van der Waals surface area (Å²) < 4.78 is 39.7. The number of thiazole rings is 2. The molecule has 0 saturated heterocycles. The summed E-state index contributed by atoms with van der Waals surface area (Å²) in [6, 6.07) is 18.7. The number of H-pyrrole nitrogens is 1. The van der Waals surface area contributed by atoms with Crippen LogP contribution in [0.1, 0.15) is 10.6 Å². The molecule has 5 aromatic rings. The lowest BCUT2D eigenvalue weighted by atomic mass is 10.1. The molecule has 182 valence electrons. The number of halogens is 3. The maximum absolute atomic E-state index is 13.4. The number of nitrogens with zero attached hydrogens (tertiary/aromatic N) is 5. The summed E-state index contributed by atoms with van der Waals surface area (Å²) in [4.78, 5) is 22.3. The van der Waals surface area contributed by atoms with E-state index in [2.05, 4.69) is 25.3 Å². The molecule has 36 heavy (non-hydrogen) atoms. The SMILES string of the molecule is Cc1sc(N=Nc2c(-c3ccccc3)[nH]n(-c3nc(-c4ccccc4)cs3)c2=O)nc1CC(F)(F)F. The zero-order valence-electron chi connectivity index (χ0n) is 18.7. The maximum Gasteiger partial charge on any atom is 0.394 e. The first-order chi connectivity index (χ1) is 17.3. The molecule has 0 aliphatic carbocycles. The summed E-state index contributed by atoms with van der Waals surface area (Å²) in [6.07, 6.45) is -5.53. The third kappa shape index (κ3) is 5.04. The van der Waals surface area contributed by atoms with Crippen LogP contribution in [0, 0.1) is 6.92 Å². The second kappa shape index (κ2) is 9.63. The van der Waals surface area contributed by atoms with Crippen LogP contribution >= 0.6 is 22.7 Å². The number of nitrogens with one attached hydrogen (secondary N) is 1. The smallest absolute Gasteiger partial charge is 0.286 e. The molecule has 3 heterocycles. The monoisotopic (exact) mass is 526 g/mol. The molecule has 7 nitrogen and oxygen atoms in total. The average molecular weight is 527 g/mol. The van der Waals surface area contributed by atoms with Crippen LogP contribution in [0.4, 0.5) is 24.0 Å². The lowest BCUT2D eigenvalue weighted by Gasteiger charge is -2.03. The second-order valence-corrected chi connectivity index (χ2v) is 9.73. The fourth-order valence-corrected chi connectivity index (χ4v) is 5.01. The molecule has 12 heteroatoms. The van der Waals surface area contributed by atoms with Crippen LogP contribution in [-0.4, -0.2) is 25.9 Å². The molecule has 0 atom stereocenters. The molecule has 0 saturated carbocycles. The maximum atomic E-state index is 13.4. The van der Waals surface area contributed by atoms with Crippen molar-refractivity contribution in [3.63, 3.8) is 0 Å². The molecule has 0 fully saturated rings. The van der Waals surface area contributed by atoms with E-state index in [1.54, 1.807) is 19.1 Å². The van der Waals surface area contributed by atoms with E-state index in [1.165, 1.54) is 16.0 Å². The van der Waals surface area contributed by atoms with Crippen LogP contribution in [-0.2, 0) is 6.42 Å². The first-order valence-corrected chi connectivity index (χ1v) is 12.3. The molecule has 1 N–H and O–H groups in total. The lowest BCUT2D eigenvalue weighted by Crippen LogP contribution is -2.13. The molecule has 2 aromatic carbocycles. The van der Waals surface area contributed by atoms with E-state index >= 15 is 0 Å². The van der Waals surface area contributed by atoms with Gasteiger partial charge in [-0.3, -0.25) is 9.89 Å². The van der Waals surface area contributed by atoms with Crippen molar-refractivity contribution in [3.8, 4) is 27.6 Å². The van der Waals surface area contributed by atoms with Gasteiger partial charge in [-0.05, 0) is 6.92 Å². The molecular weight excluding hydrogens is 509 g/mol. The molecule has 0 spiro atoms. The molecule has 0 bridgehead atoms. The van der Waals surface area contributed by atoms with Gasteiger partial charge >= 0.3 is 11.7 Å². The Bertz CT molecular complexity index is 1580. The van der Waals surface area contributed by atoms with Crippen LogP contribution in [0.15, 0.2) is 81.1 Å². The molecular formula is C24H17F3N6OS2. The predicted octanol–water partition coefficient (Wildman–Crippen LogP) is 7.24. The average Bonchev–Trinajstić information content (AvgIpc) is 3.56. The highest BCUT2D eigenvalue weighted by Gasteiger charge is 2.30. The second-order valence-electron chi connectivity index (χ2n) is 7.71. The van der Waals surface area contributed by atoms with Gasteiger partial charge in [-0.2, -0.15) is 17.9 Å². The van der Waals surface area contributed by atoms with Crippen molar-refractivity contribution in [3.05, 3.63) is 87.0 Å². The lowest BCUT2D eigenvalue weighted by molar-refractivity contribution is -0.127. The summed E-state index contributed by atoms with van der Waals surface area (Å²) >= 11 is 2.27. The topological polar surface area (TPSA) is 88.3 Å². The number of hydrogen-bond donors (Lipinski definition) is 1. The van der Waals surface area contributed by atoms with Gasteiger partial charge in [0, 0.05) is 21.4 Å². The summed E-state index contributed by atoms with van der Waals surface area (Å²) in [6.45, 7) is 1.54. The Morgan fingerprint density at radius 1 is 0.972 bits per heavy atom. The summed E-state index contributed by atoms with van der Waals surface area (Å²) in [7, 11) is 0. The minimum atomic E-state index is -4.38. The van der Waals surface area contributed by atoms with Crippen molar-refractivity contribution in [2.24, 2.45) is 10.2 Å². The first kappa shape index (κ1) is 23.8. The Kier molecular flexibility index (Phi) is 6.37. The molecule has 5 rings (SSSR count). The van der Waals surface area contributed by atoms with Crippen molar-refractivity contribution in [1.82, 2.24) is 19.7 Å². The van der Waals surface area contributed by atoms with Crippen molar-refractivity contribution < 1.29 is 13.2 Å². The van der Waals surface area contributed by atoms with Crippen molar-refractivity contribution in [2.45, 2.75) is 19.5 Å². The highest BCUT2D eigenvalue weighted by molar-refractivity contribution is 7.15. The number of benzene rings is 2. The van der Waals surface area contributed by atoms with Crippen molar-refractivity contribution >= 4 is 33.5 Å². The van der Waals surface area contributed by atoms with Crippen LogP contribution < -0.4 is 5.56 Å².